The summed E-state index contributed by atoms with van der Waals surface area (Å²) in [6.45, 7) is 14.9. The first-order chi connectivity index (χ1) is 16.7. The van der Waals surface area contributed by atoms with Crippen molar-refractivity contribution >= 4 is 23.8 Å². The van der Waals surface area contributed by atoms with Crippen LogP contribution in [0.15, 0.2) is 18.2 Å². The second kappa shape index (κ2) is 13.8. The van der Waals surface area contributed by atoms with Crippen molar-refractivity contribution in [2.45, 2.75) is 105 Å². The van der Waals surface area contributed by atoms with Gasteiger partial charge in [-0.15, -0.1) is 0 Å². The van der Waals surface area contributed by atoms with Crippen molar-refractivity contribution in [2.75, 3.05) is 6.54 Å². The number of aryl methyl sites for hydroxylation is 2. The van der Waals surface area contributed by atoms with Crippen molar-refractivity contribution in [3.8, 4) is 0 Å². The average Bonchev–Trinajstić information content (AvgIpc) is 2.74. The van der Waals surface area contributed by atoms with Crippen molar-refractivity contribution in [1.82, 2.24) is 15.5 Å². The Morgan fingerprint density at radius 3 is 2.08 bits per heavy atom. The number of ether oxygens (including phenoxy) is 1. The molecule has 1 aromatic carbocycles. The Hall–Kier alpha value is -3.10. The number of carbonyl (C=O) groups is 4. The first-order valence-electron chi connectivity index (χ1n) is 12.7. The van der Waals surface area contributed by atoms with E-state index in [2.05, 4.69) is 10.6 Å². The van der Waals surface area contributed by atoms with Crippen LogP contribution in [-0.4, -0.2) is 52.9 Å². The van der Waals surface area contributed by atoms with Crippen LogP contribution in [0.1, 0.15) is 90.0 Å². The van der Waals surface area contributed by atoms with Gasteiger partial charge in [0.2, 0.25) is 17.7 Å². The third kappa shape index (κ3) is 9.51. The van der Waals surface area contributed by atoms with Gasteiger partial charge in [0, 0.05) is 19.0 Å². The molecule has 0 heterocycles. The normalized spacial score (nSPS) is 13.8. The maximum Gasteiger partial charge on any atom is 0.408 e. The monoisotopic (exact) mass is 504 g/mol. The highest BCUT2D eigenvalue weighted by Gasteiger charge is 2.37. The van der Waals surface area contributed by atoms with Crippen molar-refractivity contribution in [1.29, 1.82) is 0 Å². The largest absolute Gasteiger partial charge is 0.444 e. The van der Waals surface area contributed by atoms with E-state index in [0.717, 1.165) is 29.5 Å². The predicted molar refractivity (Wildman–Crippen MR) is 140 cm³/mol. The van der Waals surface area contributed by atoms with Crippen molar-refractivity contribution in [2.24, 2.45) is 5.73 Å². The van der Waals surface area contributed by atoms with Crippen LogP contribution in [0, 0.1) is 13.8 Å². The summed E-state index contributed by atoms with van der Waals surface area (Å²) >= 11 is 0. The van der Waals surface area contributed by atoms with E-state index in [1.165, 1.54) is 4.90 Å². The molecule has 36 heavy (non-hydrogen) atoms. The summed E-state index contributed by atoms with van der Waals surface area (Å²) in [6, 6.07) is 3.62. The smallest absolute Gasteiger partial charge is 0.408 e. The van der Waals surface area contributed by atoms with Gasteiger partial charge < -0.3 is 26.0 Å². The quantitative estimate of drug-likeness (QED) is 0.400. The molecule has 0 spiro atoms. The number of hydrogen-bond acceptors (Lipinski definition) is 5. The molecule has 0 fully saturated rings. The van der Waals surface area contributed by atoms with E-state index in [0.29, 0.717) is 0 Å². The van der Waals surface area contributed by atoms with Gasteiger partial charge in [0.05, 0.1) is 0 Å². The van der Waals surface area contributed by atoms with Crippen LogP contribution in [0.5, 0.6) is 0 Å². The van der Waals surface area contributed by atoms with E-state index in [1.807, 2.05) is 45.9 Å². The van der Waals surface area contributed by atoms with Crippen LogP contribution in [0.25, 0.3) is 0 Å². The number of nitrogens with zero attached hydrogens (tertiary/aromatic N) is 1. The number of alkyl carbamates (subject to hydrolysis) is 1. The van der Waals surface area contributed by atoms with E-state index < -0.39 is 35.6 Å². The molecule has 0 aliphatic carbocycles. The Morgan fingerprint density at radius 2 is 1.61 bits per heavy atom. The Kier molecular flexibility index (Phi) is 11.9. The maximum absolute atomic E-state index is 13.9. The van der Waals surface area contributed by atoms with E-state index in [1.54, 1.807) is 27.7 Å². The fourth-order valence-corrected chi connectivity index (χ4v) is 4.17. The molecule has 0 saturated heterocycles. The summed E-state index contributed by atoms with van der Waals surface area (Å²) in [4.78, 5) is 53.0. The van der Waals surface area contributed by atoms with Crippen LogP contribution < -0.4 is 16.4 Å². The minimum Gasteiger partial charge on any atom is -0.444 e. The molecule has 0 aliphatic rings. The number of rotatable bonds is 12. The molecular weight excluding hydrogens is 460 g/mol. The molecule has 9 heteroatoms. The minimum atomic E-state index is -1.10. The number of nitrogens with one attached hydrogen (secondary N) is 2. The second-order valence-corrected chi connectivity index (χ2v) is 10.2. The zero-order chi connectivity index (χ0) is 27.6. The number of hydrogen-bond donors (Lipinski definition) is 3. The van der Waals surface area contributed by atoms with Crippen molar-refractivity contribution < 1.29 is 23.9 Å². The standard InChI is InChI=1S/C27H44N4O5/c1-9-12-19(5)29-24(33)23(22-17(3)13-11-14-18(22)4)31(10-2)25(34)20(15-16-21(28)32)30-26(35)36-27(6,7)8/h11,13-14,19-20,23H,9-10,12,15-16H2,1-8H3,(H2,28,32)(H,29,33)(H,30,35). The molecule has 1 aromatic rings. The van der Waals surface area contributed by atoms with Crippen LogP contribution in [0.4, 0.5) is 4.79 Å². The minimum absolute atomic E-state index is 0.0166. The first-order valence-corrected chi connectivity index (χ1v) is 12.7. The zero-order valence-electron chi connectivity index (χ0n) is 23.1. The Balaban J connectivity index is 3.47. The van der Waals surface area contributed by atoms with Crippen molar-refractivity contribution in [3.05, 3.63) is 34.9 Å². The third-order valence-electron chi connectivity index (χ3n) is 5.78. The molecule has 202 valence electrons. The van der Waals surface area contributed by atoms with Gasteiger partial charge in [-0.25, -0.2) is 4.79 Å². The lowest BCUT2D eigenvalue weighted by molar-refractivity contribution is -0.142. The van der Waals surface area contributed by atoms with Gasteiger partial charge in [-0.3, -0.25) is 14.4 Å². The molecule has 1 rings (SSSR count). The lowest BCUT2D eigenvalue weighted by atomic mass is 9.93. The lowest BCUT2D eigenvalue weighted by Gasteiger charge is -2.35. The average molecular weight is 505 g/mol. The summed E-state index contributed by atoms with van der Waals surface area (Å²) in [5.74, 6) is -1.38. The van der Waals surface area contributed by atoms with E-state index >= 15 is 0 Å². The van der Waals surface area contributed by atoms with Gasteiger partial charge in [-0.1, -0.05) is 31.5 Å². The Labute approximate surface area is 215 Å². The van der Waals surface area contributed by atoms with Gasteiger partial charge >= 0.3 is 6.09 Å². The fraction of sp³-hybridized carbons (Fsp3) is 0.630. The highest BCUT2D eigenvalue weighted by molar-refractivity contribution is 5.93. The summed E-state index contributed by atoms with van der Waals surface area (Å²) < 4.78 is 5.33. The summed E-state index contributed by atoms with van der Waals surface area (Å²) in [6.07, 6.45) is 0.786. The van der Waals surface area contributed by atoms with Crippen LogP contribution in [0.2, 0.25) is 0 Å². The number of nitrogens with two attached hydrogens (primary N) is 1. The molecule has 0 bridgehead atoms. The Bertz CT molecular complexity index is 905. The maximum atomic E-state index is 13.9. The van der Waals surface area contributed by atoms with Gasteiger partial charge in [0.15, 0.2) is 0 Å². The van der Waals surface area contributed by atoms with Gasteiger partial charge in [-0.2, -0.15) is 0 Å². The SMILES string of the molecule is CCCC(C)NC(=O)C(c1c(C)cccc1C)N(CC)C(=O)C(CCC(N)=O)NC(=O)OC(C)(C)C. The molecule has 0 aliphatic heterocycles. The summed E-state index contributed by atoms with van der Waals surface area (Å²) in [5.41, 5.74) is 7.04. The van der Waals surface area contributed by atoms with E-state index in [4.69, 9.17) is 10.5 Å². The number of likely N-dealkylation sites (N-methyl/N-ethyl adjacent to an activating group) is 1. The molecule has 0 saturated carbocycles. The van der Waals surface area contributed by atoms with Crippen LogP contribution >= 0.6 is 0 Å². The first kappa shape index (κ1) is 30.9. The lowest BCUT2D eigenvalue weighted by Crippen LogP contribution is -2.54. The van der Waals surface area contributed by atoms with Crippen LogP contribution in [-0.2, 0) is 19.1 Å². The molecular formula is C27H44N4O5. The Morgan fingerprint density at radius 1 is 1.03 bits per heavy atom. The fourth-order valence-electron chi connectivity index (χ4n) is 4.17. The topological polar surface area (TPSA) is 131 Å². The molecule has 4 N–H and O–H groups in total. The summed E-state index contributed by atoms with van der Waals surface area (Å²) in [7, 11) is 0. The molecule has 4 amide bonds. The molecule has 0 radical (unpaired) electrons. The molecule has 3 unspecified atom stereocenters. The number of amides is 4. The highest BCUT2D eigenvalue weighted by Crippen LogP contribution is 2.29. The van der Waals surface area contributed by atoms with Crippen molar-refractivity contribution in [3.63, 3.8) is 0 Å². The van der Waals surface area contributed by atoms with E-state index in [9.17, 15) is 19.2 Å². The predicted octanol–water partition coefficient (Wildman–Crippen LogP) is 3.66. The second-order valence-electron chi connectivity index (χ2n) is 10.2. The molecule has 0 aromatic heterocycles. The zero-order valence-corrected chi connectivity index (χ0v) is 23.1. The number of primary amides is 1. The third-order valence-corrected chi connectivity index (χ3v) is 5.78. The van der Waals surface area contributed by atoms with Gasteiger partial charge in [-0.05, 0) is 78.0 Å². The highest BCUT2D eigenvalue weighted by atomic mass is 16.6. The number of benzene rings is 1. The summed E-state index contributed by atoms with van der Waals surface area (Å²) in [5, 5.41) is 5.63. The molecule has 9 nitrogen and oxygen atoms in total. The van der Waals surface area contributed by atoms with E-state index in [-0.39, 0.29) is 31.3 Å². The number of carbonyl (C=O) groups excluding carboxylic acids is 4. The molecule has 3 atom stereocenters. The van der Waals surface area contributed by atoms with Gasteiger partial charge in [0.25, 0.3) is 0 Å². The van der Waals surface area contributed by atoms with Crippen LogP contribution in [0.3, 0.4) is 0 Å². The van der Waals surface area contributed by atoms with Gasteiger partial charge in [0.1, 0.15) is 17.7 Å².